The zero-order chi connectivity index (χ0) is 19.7. The van der Waals surface area contributed by atoms with Crippen LogP contribution in [0.15, 0.2) is 58.5 Å². The molecule has 0 fully saturated rings. The monoisotopic (exact) mass is 393 g/mol. The van der Waals surface area contributed by atoms with Crippen molar-refractivity contribution in [2.75, 3.05) is 5.32 Å². The Bertz CT molecular complexity index is 1200. The second-order valence-corrected chi connectivity index (χ2v) is 7.19. The maximum atomic E-state index is 12.4. The summed E-state index contributed by atoms with van der Waals surface area (Å²) >= 11 is 1.27. The minimum Gasteiger partial charge on any atom is -0.464 e. The molecule has 0 unspecified atom stereocenters. The number of rotatable bonds is 5. The van der Waals surface area contributed by atoms with Gasteiger partial charge in [0.25, 0.3) is 5.69 Å². The molecular formula is C20H15N3O4S. The Hall–Kier alpha value is -3.52. The highest BCUT2D eigenvalue weighted by Crippen LogP contribution is 2.28. The largest absolute Gasteiger partial charge is 0.464 e. The number of fused-ring (bicyclic) bond motifs is 1. The number of benzene rings is 2. The number of carbonyl (C=O) groups excluding carboxylic acids is 1. The van der Waals surface area contributed by atoms with Gasteiger partial charge in [0.2, 0.25) is 5.91 Å². The molecular weight excluding hydrogens is 378 g/mol. The van der Waals surface area contributed by atoms with Crippen LogP contribution in [-0.4, -0.2) is 15.8 Å². The van der Waals surface area contributed by atoms with E-state index in [0.29, 0.717) is 16.4 Å². The maximum absolute atomic E-state index is 12.4. The smallest absolute Gasteiger partial charge is 0.270 e. The Morgan fingerprint density at radius 3 is 2.96 bits per heavy atom. The number of aromatic nitrogens is 1. The van der Waals surface area contributed by atoms with Crippen LogP contribution in [0.2, 0.25) is 0 Å². The van der Waals surface area contributed by atoms with Gasteiger partial charge in [0.05, 0.1) is 23.3 Å². The number of hydrogen-bond acceptors (Lipinski definition) is 6. The van der Waals surface area contributed by atoms with E-state index >= 15 is 0 Å². The van der Waals surface area contributed by atoms with Crippen molar-refractivity contribution in [2.45, 2.75) is 13.3 Å². The molecule has 8 heteroatoms. The molecule has 0 radical (unpaired) electrons. The van der Waals surface area contributed by atoms with Crippen LogP contribution >= 0.6 is 11.3 Å². The summed E-state index contributed by atoms with van der Waals surface area (Å²) in [5.41, 5.74) is 3.86. The fourth-order valence-corrected chi connectivity index (χ4v) is 3.64. The summed E-state index contributed by atoms with van der Waals surface area (Å²) in [6.45, 7) is 1.98. The molecule has 0 aliphatic carbocycles. The van der Waals surface area contributed by atoms with Gasteiger partial charge >= 0.3 is 0 Å². The lowest BCUT2D eigenvalue weighted by Gasteiger charge is -2.01. The van der Waals surface area contributed by atoms with Crippen LogP contribution in [0.4, 0.5) is 10.8 Å². The summed E-state index contributed by atoms with van der Waals surface area (Å²) in [7, 11) is 0. The van der Waals surface area contributed by atoms with E-state index in [1.807, 2.05) is 25.1 Å². The van der Waals surface area contributed by atoms with Gasteiger partial charge in [-0.05, 0) is 18.6 Å². The van der Waals surface area contributed by atoms with E-state index < -0.39 is 4.92 Å². The van der Waals surface area contributed by atoms with Crippen LogP contribution in [0.5, 0.6) is 0 Å². The van der Waals surface area contributed by atoms with Gasteiger partial charge in [0.15, 0.2) is 5.13 Å². The number of furan rings is 1. The van der Waals surface area contributed by atoms with E-state index in [0.717, 1.165) is 22.1 Å². The first-order valence-corrected chi connectivity index (χ1v) is 9.34. The zero-order valence-corrected chi connectivity index (χ0v) is 15.7. The summed E-state index contributed by atoms with van der Waals surface area (Å²) in [5, 5.41) is 16.8. The Kier molecular flexibility index (Phi) is 4.62. The van der Waals surface area contributed by atoms with Crippen molar-refractivity contribution < 1.29 is 14.1 Å². The summed E-state index contributed by atoms with van der Waals surface area (Å²) in [6, 6.07) is 12.1. The molecule has 0 saturated carbocycles. The molecule has 140 valence electrons. The summed E-state index contributed by atoms with van der Waals surface area (Å²) in [4.78, 5) is 27.2. The summed E-state index contributed by atoms with van der Waals surface area (Å²) in [5.74, 6) is -0.205. The minimum absolute atomic E-state index is 0.00171. The number of anilines is 1. The average Bonchev–Trinajstić information content (AvgIpc) is 3.29. The van der Waals surface area contributed by atoms with E-state index in [1.54, 1.807) is 23.8 Å². The first kappa shape index (κ1) is 17.9. The summed E-state index contributed by atoms with van der Waals surface area (Å²) < 4.78 is 5.53. The fourth-order valence-electron chi connectivity index (χ4n) is 2.91. The molecule has 4 rings (SSSR count). The molecule has 1 N–H and O–H groups in total. The van der Waals surface area contributed by atoms with Gasteiger partial charge in [-0.1, -0.05) is 24.3 Å². The van der Waals surface area contributed by atoms with Gasteiger partial charge in [-0.2, -0.15) is 0 Å². The number of nitro groups is 1. The van der Waals surface area contributed by atoms with Crippen LogP contribution in [0.1, 0.15) is 11.1 Å². The average molecular weight is 393 g/mol. The number of thiazole rings is 1. The molecule has 2 heterocycles. The van der Waals surface area contributed by atoms with E-state index in [9.17, 15) is 14.9 Å². The standard InChI is InChI=1S/C20H15N3O4S/c1-12-5-6-16-14(10-27-18(16)7-12)9-19(24)22-20-21-17(11-28-20)13-3-2-4-15(8-13)23(25)26/h2-8,10-11H,9H2,1H3,(H,21,22,24). The number of amides is 1. The molecule has 2 aromatic heterocycles. The van der Waals surface area contributed by atoms with Crippen LogP contribution in [0.25, 0.3) is 22.2 Å². The number of non-ortho nitro benzene ring substituents is 1. The van der Waals surface area contributed by atoms with Crippen LogP contribution in [0, 0.1) is 17.0 Å². The Morgan fingerprint density at radius 2 is 2.14 bits per heavy atom. The molecule has 1 amide bonds. The van der Waals surface area contributed by atoms with E-state index in [4.69, 9.17) is 4.42 Å². The van der Waals surface area contributed by atoms with Gasteiger partial charge < -0.3 is 9.73 Å². The van der Waals surface area contributed by atoms with Gasteiger partial charge in [-0.25, -0.2) is 4.98 Å². The number of nitrogens with zero attached hydrogens (tertiary/aromatic N) is 2. The molecule has 0 bridgehead atoms. The third-order valence-corrected chi connectivity index (χ3v) is 5.02. The molecule has 0 saturated heterocycles. The van der Waals surface area contributed by atoms with Crippen LogP contribution < -0.4 is 5.32 Å². The quantitative estimate of drug-likeness (QED) is 0.382. The highest BCUT2D eigenvalue weighted by Gasteiger charge is 2.14. The van der Waals surface area contributed by atoms with Crippen molar-refractivity contribution in [3.05, 3.63) is 75.3 Å². The third kappa shape index (κ3) is 3.63. The number of nitro benzene ring substituents is 1. The Labute approximate surface area is 163 Å². The fraction of sp³-hybridized carbons (Fsp3) is 0.100. The SMILES string of the molecule is Cc1ccc2c(CC(=O)Nc3nc(-c4cccc([N+](=O)[O-])c4)cs3)coc2c1. The van der Waals surface area contributed by atoms with Crippen molar-refractivity contribution >= 4 is 39.0 Å². The topological polar surface area (TPSA) is 98.3 Å². The van der Waals surface area contributed by atoms with E-state index in [-0.39, 0.29) is 18.0 Å². The molecule has 0 aliphatic rings. The van der Waals surface area contributed by atoms with Crippen molar-refractivity contribution in [2.24, 2.45) is 0 Å². The van der Waals surface area contributed by atoms with Crippen LogP contribution in [-0.2, 0) is 11.2 Å². The predicted octanol–water partition coefficient (Wildman–Crippen LogP) is 4.95. The summed E-state index contributed by atoms with van der Waals surface area (Å²) in [6.07, 6.45) is 1.77. The molecule has 4 aromatic rings. The Balaban J connectivity index is 1.48. The number of hydrogen-bond donors (Lipinski definition) is 1. The minimum atomic E-state index is -0.449. The predicted molar refractivity (Wildman–Crippen MR) is 107 cm³/mol. The van der Waals surface area contributed by atoms with Crippen molar-refractivity contribution in [1.82, 2.24) is 4.98 Å². The van der Waals surface area contributed by atoms with Gasteiger partial charge in [-0.3, -0.25) is 14.9 Å². The molecule has 7 nitrogen and oxygen atoms in total. The lowest BCUT2D eigenvalue weighted by atomic mass is 10.1. The maximum Gasteiger partial charge on any atom is 0.270 e. The van der Waals surface area contributed by atoms with E-state index in [1.165, 1.54) is 23.5 Å². The van der Waals surface area contributed by atoms with Crippen molar-refractivity contribution in [1.29, 1.82) is 0 Å². The molecule has 0 spiro atoms. The van der Waals surface area contributed by atoms with Gasteiger partial charge in [0.1, 0.15) is 5.58 Å². The molecule has 0 atom stereocenters. The highest BCUT2D eigenvalue weighted by atomic mass is 32.1. The van der Waals surface area contributed by atoms with E-state index in [2.05, 4.69) is 10.3 Å². The Morgan fingerprint density at radius 1 is 1.29 bits per heavy atom. The second kappa shape index (κ2) is 7.24. The number of aryl methyl sites for hydroxylation is 1. The molecule has 0 aliphatic heterocycles. The van der Waals surface area contributed by atoms with Crippen LogP contribution in [0.3, 0.4) is 0 Å². The second-order valence-electron chi connectivity index (χ2n) is 6.33. The first-order valence-electron chi connectivity index (χ1n) is 8.46. The lowest BCUT2D eigenvalue weighted by molar-refractivity contribution is -0.384. The normalized spacial score (nSPS) is 10.9. The van der Waals surface area contributed by atoms with Crippen molar-refractivity contribution in [3.8, 4) is 11.3 Å². The third-order valence-electron chi connectivity index (χ3n) is 4.27. The van der Waals surface area contributed by atoms with Gasteiger partial charge in [0, 0.05) is 34.0 Å². The lowest BCUT2D eigenvalue weighted by Crippen LogP contribution is -2.13. The molecule has 28 heavy (non-hydrogen) atoms. The number of nitrogens with one attached hydrogen (secondary N) is 1. The van der Waals surface area contributed by atoms with Gasteiger partial charge in [-0.15, -0.1) is 11.3 Å². The zero-order valence-electron chi connectivity index (χ0n) is 14.8. The van der Waals surface area contributed by atoms with Crippen molar-refractivity contribution in [3.63, 3.8) is 0 Å². The molecule has 2 aromatic carbocycles. The first-order chi connectivity index (χ1) is 13.5. The number of carbonyl (C=O) groups is 1. The highest BCUT2D eigenvalue weighted by molar-refractivity contribution is 7.14.